The van der Waals surface area contributed by atoms with Crippen molar-refractivity contribution in [1.82, 2.24) is 10.2 Å². The van der Waals surface area contributed by atoms with Crippen LogP contribution in [0.25, 0.3) is 10.9 Å². The van der Waals surface area contributed by atoms with Crippen LogP contribution in [0.15, 0.2) is 24.3 Å². The first kappa shape index (κ1) is 13.8. The molecule has 21 heavy (non-hydrogen) atoms. The maximum absolute atomic E-state index is 11.5. The first-order chi connectivity index (χ1) is 10.2. The van der Waals surface area contributed by atoms with Crippen LogP contribution in [0.2, 0.25) is 0 Å². The molecule has 0 amide bonds. The van der Waals surface area contributed by atoms with E-state index in [4.69, 9.17) is 0 Å². The average Bonchev–Trinajstić information content (AvgIpc) is 2.53. The van der Waals surface area contributed by atoms with E-state index in [-0.39, 0.29) is 5.69 Å². The van der Waals surface area contributed by atoms with Gasteiger partial charge in [0.1, 0.15) is 0 Å². The van der Waals surface area contributed by atoms with Crippen LogP contribution in [-0.4, -0.2) is 34.4 Å². The van der Waals surface area contributed by atoms with Gasteiger partial charge >= 0.3 is 5.97 Å². The smallest absolute Gasteiger partial charge is 0.358 e. The largest absolute Gasteiger partial charge is 0.476 e. The second-order valence-electron chi connectivity index (χ2n) is 5.56. The van der Waals surface area contributed by atoms with Gasteiger partial charge in [-0.15, -0.1) is 10.2 Å². The Labute approximate surface area is 123 Å². The fourth-order valence-electron chi connectivity index (χ4n) is 3.07. The lowest BCUT2D eigenvalue weighted by Crippen LogP contribution is -2.35. The standard InChI is InChI=1S/C16H19N3O2/c1-2-11-7-9-19(10-8-11)15-12-5-3-4-6-13(12)17-18-14(15)16(20)21/h3-6,11H,2,7-10H2,1H3,(H,20,21). The molecular weight excluding hydrogens is 266 g/mol. The number of hydrogen-bond donors (Lipinski definition) is 1. The number of benzene rings is 1. The van der Waals surface area contributed by atoms with E-state index in [9.17, 15) is 9.90 Å². The third kappa shape index (κ3) is 2.55. The lowest BCUT2D eigenvalue weighted by Gasteiger charge is -2.34. The minimum absolute atomic E-state index is 0.0589. The number of aromatic carboxylic acids is 1. The van der Waals surface area contributed by atoms with Crippen molar-refractivity contribution in [1.29, 1.82) is 0 Å². The van der Waals surface area contributed by atoms with Gasteiger partial charge in [-0.1, -0.05) is 31.5 Å². The first-order valence-corrected chi connectivity index (χ1v) is 7.44. The van der Waals surface area contributed by atoms with E-state index in [1.165, 1.54) is 6.42 Å². The zero-order valence-electron chi connectivity index (χ0n) is 12.1. The molecule has 2 aromatic rings. The lowest BCUT2D eigenvalue weighted by molar-refractivity contribution is 0.0690. The minimum Gasteiger partial charge on any atom is -0.476 e. The van der Waals surface area contributed by atoms with Crippen molar-refractivity contribution in [3.63, 3.8) is 0 Å². The fraction of sp³-hybridized carbons (Fsp3) is 0.438. The van der Waals surface area contributed by atoms with Crippen LogP contribution in [0, 0.1) is 5.92 Å². The van der Waals surface area contributed by atoms with Crippen molar-refractivity contribution in [2.24, 2.45) is 5.92 Å². The van der Waals surface area contributed by atoms with Crippen LogP contribution in [0.5, 0.6) is 0 Å². The molecule has 1 N–H and O–H groups in total. The van der Waals surface area contributed by atoms with Crippen molar-refractivity contribution in [2.75, 3.05) is 18.0 Å². The first-order valence-electron chi connectivity index (χ1n) is 7.44. The summed E-state index contributed by atoms with van der Waals surface area (Å²) in [6, 6.07) is 7.61. The molecule has 2 heterocycles. The second-order valence-corrected chi connectivity index (χ2v) is 5.56. The number of rotatable bonds is 3. The van der Waals surface area contributed by atoms with E-state index < -0.39 is 5.97 Å². The van der Waals surface area contributed by atoms with Gasteiger partial charge in [-0.2, -0.15) is 0 Å². The summed E-state index contributed by atoms with van der Waals surface area (Å²) < 4.78 is 0. The number of piperidine rings is 1. The lowest BCUT2D eigenvalue weighted by atomic mass is 9.93. The Morgan fingerprint density at radius 1 is 1.29 bits per heavy atom. The van der Waals surface area contributed by atoms with Gasteiger partial charge < -0.3 is 10.0 Å². The van der Waals surface area contributed by atoms with E-state index in [2.05, 4.69) is 22.0 Å². The molecule has 1 aliphatic rings. The van der Waals surface area contributed by atoms with Crippen molar-refractivity contribution < 1.29 is 9.90 Å². The second kappa shape index (κ2) is 5.68. The monoisotopic (exact) mass is 285 g/mol. The van der Waals surface area contributed by atoms with E-state index >= 15 is 0 Å². The minimum atomic E-state index is -1.01. The van der Waals surface area contributed by atoms with Crippen LogP contribution in [0.4, 0.5) is 5.69 Å². The van der Waals surface area contributed by atoms with Gasteiger partial charge in [0.2, 0.25) is 0 Å². The van der Waals surface area contributed by atoms with E-state index in [0.717, 1.165) is 48.4 Å². The zero-order chi connectivity index (χ0) is 14.8. The normalized spacial score (nSPS) is 16.3. The molecule has 0 aliphatic carbocycles. The summed E-state index contributed by atoms with van der Waals surface area (Å²) in [7, 11) is 0. The number of nitrogens with zero attached hydrogens (tertiary/aromatic N) is 3. The van der Waals surface area contributed by atoms with E-state index in [1.54, 1.807) is 0 Å². The summed E-state index contributed by atoms with van der Waals surface area (Å²) in [5.41, 5.74) is 1.53. The number of carboxylic acids is 1. The van der Waals surface area contributed by atoms with E-state index in [1.807, 2.05) is 24.3 Å². The number of hydrogen-bond acceptors (Lipinski definition) is 4. The Morgan fingerprint density at radius 2 is 2.00 bits per heavy atom. The third-order valence-electron chi connectivity index (χ3n) is 4.35. The molecule has 0 spiro atoms. The number of carboxylic acid groups (broad SMARTS) is 1. The molecule has 1 aliphatic heterocycles. The maximum Gasteiger partial charge on any atom is 0.358 e. The highest BCUT2D eigenvalue weighted by Gasteiger charge is 2.25. The zero-order valence-corrected chi connectivity index (χ0v) is 12.1. The summed E-state index contributed by atoms with van der Waals surface area (Å²) in [5.74, 6) is -0.267. The Hall–Kier alpha value is -2.17. The quantitative estimate of drug-likeness (QED) is 0.939. The summed E-state index contributed by atoms with van der Waals surface area (Å²) in [4.78, 5) is 13.7. The highest BCUT2D eigenvalue weighted by molar-refractivity contribution is 6.02. The molecule has 1 aromatic heterocycles. The molecular formula is C16H19N3O2. The van der Waals surface area contributed by atoms with Crippen LogP contribution < -0.4 is 4.90 Å². The van der Waals surface area contributed by atoms with Crippen molar-refractivity contribution >= 4 is 22.6 Å². The highest BCUT2D eigenvalue weighted by atomic mass is 16.4. The molecule has 1 aromatic carbocycles. The number of anilines is 1. The molecule has 1 saturated heterocycles. The summed E-state index contributed by atoms with van der Waals surface area (Å²) in [5, 5.41) is 18.3. The maximum atomic E-state index is 11.5. The molecule has 0 bridgehead atoms. The van der Waals surface area contributed by atoms with Crippen LogP contribution in [0.1, 0.15) is 36.7 Å². The Bertz CT molecular complexity index is 664. The molecule has 0 unspecified atom stereocenters. The van der Waals surface area contributed by atoms with Crippen molar-refractivity contribution in [3.05, 3.63) is 30.0 Å². The van der Waals surface area contributed by atoms with Crippen LogP contribution in [-0.2, 0) is 0 Å². The van der Waals surface area contributed by atoms with Crippen LogP contribution >= 0.6 is 0 Å². The predicted octanol–water partition coefficient (Wildman–Crippen LogP) is 2.95. The molecule has 0 radical (unpaired) electrons. The number of fused-ring (bicyclic) bond motifs is 1. The summed E-state index contributed by atoms with van der Waals surface area (Å²) in [6.45, 7) is 3.98. The van der Waals surface area contributed by atoms with Gasteiger partial charge in [-0.3, -0.25) is 0 Å². The van der Waals surface area contributed by atoms with Crippen molar-refractivity contribution in [3.8, 4) is 0 Å². The third-order valence-corrected chi connectivity index (χ3v) is 4.35. The Balaban J connectivity index is 2.07. The van der Waals surface area contributed by atoms with Gasteiger partial charge in [0.05, 0.1) is 11.2 Å². The van der Waals surface area contributed by atoms with Gasteiger partial charge in [-0.05, 0) is 24.8 Å². The van der Waals surface area contributed by atoms with Gasteiger partial charge in [0.15, 0.2) is 5.69 Å². The van der Waals surface area contributed by atoms with Crippen LogP contribution in [0.3, 0.4) is 0 Å². The van der Waals surface area contributed by atoms with Crippen molar-refractivity contribution in [2.45, 2.75) is 26.2 Å². The number of aromatic nitrogens is 2. The highest BCUT2D eigenvalue weighted by Crippen LogP contribution is 2.32. The molecule has 5 nitrogen and oxygen atoms in total. The molecule has 0 saturated carbocycles. The summed E-state index contributed by atoms with van der Waals surface area (Å²) >= 11 is 0. The Kier molecular flexibility index (Phi) is 3.73. The van der Waals surface area contributed by atoms with Gasteiger partial charge in [-0.25, -0.2) is 4.79 Å². The summed E-state index contributed by atoms with van der Waals surface area (Å²) in [6.07, 6.45) is 3.40. The number of carbonyl (C=O) groups is 1. The molecule has 3 rings (SSSR count). The fourth-order valence-corrected chi connectivity index (χ4v) is 3.07. The molecule has 1 fully saturated rings. The van der Waals surface area contributed by atoms with Gasteiger partial charge in [0.25, 0.3) is 0 Å². The SMILES string of the molecule is CCC1CCN(c2c(C(=O)O)nnc3ccccc23)CC1. The van der Waals surface area contributed by atoms with Gasteiger partial charge in [0, 0.05) is 18.5 Å². The molecule has 0 atom stereocenters. The van der Waals surface area contributed by atoms with E-state index in [0.29, 0.717) is 0 Å². The average molecular weight is 285 g/mol. The topological polar surface area (TPSA) is 66.3 Å². The molecule has 110 valence electrons. The molecule has 5 heteroatoms. The Morgan fingerprint density at radius 3 is 2.67 bits per heavy atom. The predicted molar refractivity (Wildman–Crippen MR) is 81.7 cm³/mol.